The van der Waals surface area contributed by atoms with Crippen molar-refractivity contribution >= 4 is 44.2 Å². The molecule has 0 aliphatic carbocycles. The Morgan fingerprint density at radius 2 is 1.94 bits per heavy atom. The van der Waals surface area contributed by atoms with Crippen LogP contribution in [0, 0.1) is 0 Å². The Bertz CT molecular complexity index is 1110. The lowest BCUT2D eigenvalue weighted by Crippen LogP contribution is -2.44. The van der Waals surface area contributed by atoms with E-state index in [4.69, 9.17) is 17.3 Å². The second-order valence-electron chi connectivity index (χ2n) is 8.16. The minimum absolute atomic E-state index is 0.0258. The summed E-state index contributed by atoms with van der Waals surface area (Å²) in [6.45, 7) is 5.32. The molecule has 1 fully saturated rings. The van der Waals surface area contributed by atoms with E-state index in [-0.39, 0.29) is 35.7 Å². The molecule has 0 bridgehead atoms. The third kappa shape index (κ3) is 5.58. The van der Waals surface area contributed by atoms with Gasteiger partial charge in [0.2, 0.25) is 21.8 Å². The zero-order chi connectivity index (χ0) is 23.5. The standard InChI is InChI=1S/C22H29ClN4O4S/c1-15(2)27(12-9-24)21(28)8-11-26-10-7-20(22(26)29)25-32(30,31)19-6-4-16-13-18(23)5-3-17(16)14-19/h3-6,13-15,20,25H,7-12,24H2,1-2H3. The van der Waals surface area contributed by atoms with Gasteiger partial charge in [-0.05, 0) is 55.3 Å². The summed E-state index contributed by atoms with van der Waals surface area (Å²) >= 11 is 5.98. The molecule has 2 amide bonds. The summed E-state index contributed by atoms with van der Waals surface area (Å²) in [5.74, 6) is -0.387. The minimum atomic E-state index is -3.88. The molecule has 8 nitrogen and oxygen atoms in total. The van der Waals surface area contributed by atoms with Crippen molar-refractivity contribution < 1.29 is 18.0 Å². The summed E-state index contributed by atoms with van der Waals surface area (Å²) in [5.41, 5.74) is 5.58. The van der Waals surface area contributed by atoms with Crippen LogP contribution in [0.25, 0.3) is 10.8 Å². The molecule has 2 aromatic carbocycles. The molecule has 0 spiro atoms. The minimum Gasteiger partial charge on any atom is -0.341 e. The van der Waals surface area contributed by atoms with Crippen LogP contribution in [-0.4, -0.2) is 68.3 Å². The molecular weight excluding hydrogens is 452 g/mol. The average Bonchev–Trinajstić information content (AvgIpc) is 3.08. The number of amides is 2. The fourth-order valence-corrected chi connectivity index (χ4v) is 5.31. The maximum Gasteiger partial charge on any atom is 0.241 e. The Labute approximate surface area is 193 Å². The summed E-state index contributed by atoms with van der Waals surface area (Å²) < 4.78 is 28.3. The van der Waals surface area contributed by atoms with E-state index in [0.29, 0.717) is 31.1 Å². The van der Waals surface area contributed by atoms with Gasteiger partial charge in [-0.2, -0.15) is 4.72 Å². The molecule has 10 heteroatoms. The molecule has 1 saturated heterocycles. The quantitative estimate of drug-likeness (QED) is 0.569. The van der Waals surface area contributed by atoms with Gasteiger partial charge in [0, 0.05) is 43.7 Å². The highest BCUT2D eigenvalue weighted by Gasteiger charge is 2.35. The smallest absolute Gasteiger partial charge is 0.241 e. The Balaban J connectivity index is 1.63. The van der Waals surface area contributed by atoms with Crippen LogP contribution in [0.3, 0.4) is 0 Å². The van der Waals surface area contributed by atoms with Gasteiger partial charge in [-0.15, -0.1) is 0 Å². The normalized spacial score (nSPS) is 16.8. The third-order valence-corrected chi connectivity index (χ3v) is 7.29. The van der Waals surface area contributed by atoms with Gasteiger partial charge in [-0.25, -0.2) is 8.42 Å². The summed E-state index contributed by atoms with van der Waals surface area (Å²) in [5, 5.41) is 2.14. The van der Waals surface area contributed by atoms with E-state index in [1.54, 1.807) is 35.2 Å². The molecule has 3 N–H and O–H groups in total. The maximum atomic E-state index is 12.9. The highest BCUT2D eigenvalue weighted by Crippen LogP contribution is 2.23. The van der Waals surface area contributed by atoms with E-state index in [2.05, 4.69) is 4.72 Å². The van der Waals surface area contributed by atoms with Crippen molar-refractivity contribution in [3.05, 3.63) is 41.4 Å². The van der Waals surface area contributed by atoms with E-state index >= 15 is 0 Å². The number of nitrogens with two attached hydrogens (primary N) is 1. The van der Waals surface area contributed by atoms with Gasteiger partial charge in [0.25, 0.3) is 0 Å². The van der Waals surface area contributed by atoms with E-state index in [0.717, 1.165) is 10.8 Å². The van der Waals surface area contributed by atoms with Crippen LogP contribution in [-0.2, 0) is 19.6 Å². The lowest BCUT2D eigenvalue weighted by Gasteiger charge is -2.27. The van der Waals surface area contributed by atoms with Crippen LogP contribution in [0.4, 0.5) is 0 Å². The molecule has 1 heterocycles. The fraction of sp³-hybridized carbons (Fsp3) is 0.455. The van der Waals surface area contributed by atoms with E-state index < -0.39 is 16.1 Å². The third-order valence-electron chi connectivity index (χ3n) is 5.59. The maximum absolute atomic E-state index is 12.9. The molecule has 1 unspecified atom stereocenters. The first-order valence-electron chi connectivity index (χ1n) is 10.6. The molecule has 3 rings (SSSR count). The van der Waals surface area contributed by atoms with E-state index in [9.17, 15) is 18.0 Å². The fourth-order valence-electron chi connectivity index (χ4n) is 3.87. The van der Waals surface area contributed by atoms with Gasteiger partial charge in [0.05, 0.1) is 4.90 Å². The van der Waals surface area contributed by atoms with Crippen molar-refractivity contribution in [3.8, 4) is 0 Å². The first-order valence-corrected chi connectivity index (χ1v) is 12.5. The number of hydrogen-bond donors (Lipinski definition) is 2. The van der Waals surface area contributed by atoms with Crippen LogP contribution < -0.4 is 10.5 Å². The predicted octanol–water partition coefficient (Wildman–Crippen LogP) is 1.96. The van der Waals surface area contributed by atoms with Gasteiger partial charge in [0.1, 0.15) is 6.04 Å². The number of hydrogen-bond acceptors (Lipinski definition) is 5. The number of nitrogens with one attached hydrogen (secondary N) is 1. The summed E-state index contributed by atoms with van der Waals surface area (Å²) in [4.78, 5) is 28.5. The topological polar surface area (TPSA) is 113 Å². The Kier molecular flexibility index (Phi) is 7.76. The number of halogens is 1. The number of nitrogens with zero attached hydrogens (tertiary/aromatic N) is 2. The second-order valence-corrected chi connectivity index (χ2v) is 10.3. The highest BCUT2D eigenvalue weighted by atomic mass is 35.5. The molecule has 0 saturated carbocycles. The summed E-state index contributed by atoms with van der Waals surface area (Å²) in [6.07, 6.45) is 0.531. The number of carbonyl (C=O) groups excluding carboxylic acids is 2. The Morgan fingerprint density at radius 3 is 2.62 bits per heavy atom. The van der Waals surface area contributed by atoms with Gasteiger partial charge in [-0.3, -0.25) is 9.59 Å². The number of carbonyl (C=O) groups is 2. The van der Waals surface area contributed by atoms with Crippen molar-refractivity contribution in [2.75, 3.05) is 26.2 Å². The number of rotatable bonds is 9. The van der Waals surface area contributed by atoms with Gasteiger partial charge >= 0.3 is 0 Å². The first-order chi connectivity index (χ1) is 15.1. The van der Waals surface area contributed by atoms with Gasteiger partial charge in [0.15, 0.2) is 0 Å². The average molecular weight is 481 g/mol. The molecule has 0 aromatic heterocycles. The van der Waals surface area contributed by atoms with Crippen molar-refractivity contribution in [1.29, 1.82) is 0 Å². The monoisotopic (exact) mass is 480 g/mol. The number of fused-ring (bicyclic) bond motifs is 1. The summed E-state index contributed by atoms with van der Waals surface area (Å²) in [6, 6.07) is 9.12. The zero-order valence-corrected chi connectivity index (χ0v) is 19.8. The van der Waals surface area contributed by atoms with Gasteiger partial charge < -0.3 is 15.5 Å². The second kappa shape index (κ2) is 10.2. The molecule has 32 heavy (non-hydrogen) atoms. The Morgan fingerprint density at radius 1 is 1.25 bits per heavy atom. The molecule has 174 valence electrons. The van der Waals surface area contributed by atoms with Crippen molar-refractivity contribution in [2.24, 2.45) is 5.73 Å². The van der Waals surface area contributed by atoms with Crippen LogP contribution in [0.15, 0.2) is 41.3 Å². The Hall–Kier alpha value is -2.20. The molecule has 0 radical (unpaired) electrons. The molecule has 2 aromatic rings. The van der Waals surface area contributed by atoms with Crippen LogP contribution >= 0.6 is 11.6 Å². The van der Waals surface area contributed by atoms with E-state index in [1.807, 2.05) is 13.8 Å². The largest absolute Gasteiger partial charge is 0.341 e. The number of sulfonamides is 1. The van der Waals surface area contributed by atoms with Crippen LogP contribution in [0.5, 0.6) is 0 Å². The van der Waals surface area contributed by atoms with Crippen molar-refractivity contribution in [1.82, 2.24) is 14.5 Å². The molecular formula is C22H29ClN4O4S. The lowest BCUT2D eigenvalue weighted by atomic mass is 10.1. The lowest BCUT2D eigenvalue weighted by molar-refractivity contribution is -0.134. The van der Waals surface area contributed by atoms with Crippen molar-refractivity contribution in [3.63, 3.8) is 0 Å². The first kappa shape index (κ1) is 24.4. The summed E-state index contributed by atoms with van der Waals surface area (Å²) in [7, 11) is -3.88. The van der Waals surface area contributed by atoms with E-state index in [1.165, 1.54) is 11.0 Å². The predicted molar refractivity (Wildman–Crippen MR) is 125 cm³/mol. The zero-order valence-electron chi connectivity index (χ0n) is 18.3. The van der Waals surface area contributed by atoms with Crippen LogP contribution in [0.2, 0.25) is 5.02 Å². The van der Waals surface area contributed by atoms with Crippen LogP contribution in [0.1, 0.15) is 26.7 Å². The molecule has 1 atom stereocenters. The van der Waals surface area contributed by atoms with Crippen molar-refractivity contribution in [2.45, 2.75) is 43.7 Å². The highest BCUT2D eigenvalue weighted by molar-refractivity contribution is 7.89. The van der Waals surface area contributed by atoms with Gasteiger partial charge in [-0.1, -0.05) is 23.7 Å². The number of likely N-dealkylation sites (tertiary alicyclic amines) is 1. The molecule has 1 aliphatic heterocycles. The number of benzene rings is 2. The SMILES string of the molecule is CC(C)N(CCN)C(=O)CCN1CCC(NS(=O)(=O)c2ccc3cc(Cl)ccc3c2)C1=O. The molecule has 1 aliphatic rings.